The van der Waals surface area contributed by atoms with Crippen LogP contribution in [0.1, 0.15) is 0 Å². The average Bonchev–Trinajstić information content (AvgIpc) is 0.722. The zero-order chi connectivity index (χ0) is 4.50. The topological polar surface area (TPSA) is 92.2 Å². The third kappa shape index (κ3) is 113. The van der Waals surface area contributed by atoms with Crippen molar-refractivity contribution in [2.75, 3.05) is 0 Å². The van der Waals surface area contributed by atoms with Crippen LogP contribution < -0.4 is 20.4 Å². The van der Waals surface area contributed by atoms with E-state index >= 15 is 0 Å². The molecule has 0 rings (SSSR count). The molecule has 0 aliphatic heterocycles. The van der Waals surface area contributed by atoms with E-state index < -0.39 is 6.16 Å². The van der Waals surface area contributed by atoms with Crippen molar-refractivity contribution in [2.24, 2.45) is 0 Å². The van der Waals surface area contributed by atoms with Crippen molar-refractivity contribution in [1.29, 1.82) is 0 Å². The zero-order valence-corrected chi connectivity index (χ0v) is 6.38. The first-order valence-electron chi connectivity index (χ1n) is 0.816. The Labute approximate surface area is 72.5 Å². The molecule has 32 valence electrons. The SMILES string of the molecule is [Mg+2].[Mg+2].[O-]C([O-])([O-])[O-]. The van der Waals surface area contributed by atoms with E-state index in [9.17, 15) is 0 Å². The van der Waals surface area contributed by atoms with Crippen molar-refractivity contribution >= 4 is 46.1 Å². The Bertz CT molecular complexity index is 25.2. The van der Waals surface area contributed by atoms with Crippen molar-refractivity contribution in [3.05, 3.63) is 0 Å². The number of hydrogen-bond donors (Lipinski definition) is 0. The average molecular weight is 125 g/mol. The second kappa shape index (κ2) is 5.51. The van der Waals surface area contributed by atoms with E-state index in [-0.39, 0.29) is 46.1 Å². The largest absolute Gasteiger partial charge is 2.00 e. The van der Waals surface area contributed by atoms with Gasteiger partial charge in [-0.1, -0.05) is 0 Å². The summed E-state index contributed by atoms with van der Waals surface area (Å²) in [6.07, 6.45) is -4.50. The van der Waals surface area contributed by atoms with Gasteiger partial charge in [0.1, 0.15) is 0 Å². The van der Waals surface area contributed by atoms with Crippen LogP contribution in [0.3, 0.4) is 0 Å². The van der Waals surface area contributed by atoms with Crippen LogP contribution in [0.2, 0.25) is 0 Å². The van der Waals surface area contributed by atoms with E-state index in [1.807, 2.05) is 0 Å². The molecule has 6 heteroatoms. The molecule has 0 heterocycles. The van der Waals surface area contributed by atoms with E-state index in [1.54, 1.807) is 0 Å². The number of hydrogen-bond acceptors (Lipinski definition) is 4. The molecule has 0 saturated carbocycles. The Morgan fingerprint density at radius 2 is 0.714 bits per heavy atom. The van der Waals surface area contributed by atoms with Crippen molar-refractivity contribution < 1.29 is 20.4 Å². The van der Waals surface area contributed by atoms with Gasteiger partial charge in [-0.3, -0.25) is 0 Å². The molecule has 0 radical (unpaired) electrons. The minimum atomic E-state index is -4.50. The van der Waals surface area contributed by atoms with Gasteiger partial charge in [-0.25, -0.2) is 0 Å². The standard InChI is InChI=1S/CO4.2Mg/c2-1(3,4)5;;/q-4;2*+2. The minimum Gasteiger partial charge on any atom is -0.890 e. The Morgan fingerprint density at radius 1 is 0.714 bits per heavy atom. The van der Waals surface area contributed by atoms with Gasteiger partial charge in [-0.05, 0) is 0 Å². The third-order valence-corrected chi connectivity index (χ3v) is 0. The first-order valence-corrected chi connectivity index (χ1v) is 0.816. The Kier molecular flexibility index (Phi) is 12.4. The summed E-state index contributed by atoms with van der Waals surface area (Å²) in [5.41, 5.74) is 0. The quantitative estimate of drug-likeness (QED) is 0.238. The summed E-state index contributed by atoms with van der Waals surface area (Å²) in [7, 11) is 0. The molecule has 0 aliphatic rings. The van der Waals surface area contributed by atoms with Gasteiger partial charge in [0.25, 0.3) is 0 Å². The third-order valence-electron chi connectivity index (χ3n) is 0. The normalized spacial score (nSPS) is 8.57. The molecule has 0 atom stereocenters. The van der Waals surface area contributed by atoms with Crippen LogP contribution in [0.25, 0.3) is 0 Å². The second-order valence-corrected chi connectivity index (χ2v) is 0.500. The first-order chi connectivity index (χ1) is 2.00. The van der Waals surface area contributed by atoms with Gasteiger partial charge >= 0.3 is 46.1 Å². The van der Waals surface area contributed by atoms with Gasteiger partial charge in [0.05, 0.1) is 0 Å². The van der Waals surface area contributed by atoms with Crippen LogP contribution in [0, 0.1) is 0 Å². The van der Waals surface area contributed by atoms with E-state index in [0.29, 0.717) is 0 Å². The van der Waals surface area contributed by atoms with Crippen LogP contribution in [0.5, 0.6) is 0 Å². The van der Waals surface area contributed by atoms with Crippen LogP contribution in [0.4, 0.5) is 0 Å². The molecule has 0 aromatic carbocycles. The fourth-order valence-electron chi connectivity index (χ4n) is 0. The molecule has 0 unspecified atom stereocenters. The van der Waals surface area contributed by atoms with Crippen molar-refractivity contribution in [3.63, 3.8) is 0 Å². The molecule has 0 bridgehead atoms. The molecule has 0 aromatic rings. The van der Waals surface area contributed by atoms with Gasteiger partial charge in [-0.2, -0.15) is 0 Å². The molecule has 7 heavy (non-hydrogen) atoms. The molecule has 0 amide bonds. The van der Waals surface area contributed by atoms with Crippen molar-refractivity contribution in [2.45, 2.75) is 6.16 Å². The predicted octanol–water partition coefficient (Wildman–Crippen LogP) is -5.72. The fraction of sp³-hybridized carbons (Fsp3) is 1.00. The molecule has 0 aliphatic carbocycles. The Balaban J connectivity index is -0.0000000800. The first kappa shape index (κ1) is 15.8. The molecule has 0 fully saturated rings. The molecular weight excluding hydrogens is 125 g/mol. The Morgan fingerprint density at radius 3 is 0.714 bits per heavy atom. The molecule has 0 aromatic heterocycles. The number of rotatable bonds is 0. The monoisotopic (exact) mass is 124 g/mol. The Hall–Kier alpha value is 1.37. The maximum atomic E-state index is 8.44. The smallest absolute Gasteiger partial charge is 0.890 e. The summed E-state index contributed by atoms with van der Waals surface area (Å²) in [5.74, 6) is 0. The maximum Gasteiger partial charge on any atom is 2.00 e. The van der Waals surface area contributed by atoms with Gasteiger partial charge < -0.3 is 26.6 Å². The molecule has 0 spiro atoms. The molecule has 0 saturated heterocycles. The van der Waals surface area contributed by atoms with Crippen LogP contribution in [0.15, 0.2) is 0 Å². The van der Waals surface area contributed by atoms with Crippen molar-refractivity contribution in [3.8, 4) is 0 Å². The summed E-state index contributed by atoms with van der Waals surface area (Å²) in [5, 5.41) is 33.8. The summed E-state index contributed by atoms with van der Waals surface area (Å²) < 4.78 is 0. The van der Waals surface area contributed by atoms with Gasteiger partial charge in [0.15, 0.2) is 0 Å². The minimum absolute atomic E-state index is 0. The van der Waals surface area contributed by atoms with Crippen molar-refractivity contribution in [1.82, 2.24) is 0 Å². The molecule has 4 nitrogen and oxygen atoms in total. The van der Waals surface area contributed by atoms with E-state index in [0.717, 1.165) is 0 Å². The van der Waals surface area contributed by atoms with Crippen LogP contribution in [-0.2, 0) is 0 Å². The second-order valence-electron chi connectivity index (χ2n) is 0.500. The predicted molar refractivity (Wildman–Crippen MR) is 14.2 cm³/mol. The van der Waals surface area contributed by atoms with Gasteiger partial charge in [0, 0.05) is 0 Å². The van der Waals surface area contributed by atoms with Gasteiger partial charge in [-0.15, -0.1) is 0 Å². The summed E-state index contributed by atoms with van der Waals surface area (Å²) >= 11 is 0. The maximum absolute atomic E-state index is 8.44. The summed E-state index contributed by atoms with van der Waals surface area (Å²) in [6.45, 7) is 0. The van der Waals surface area contributed by atoms with E-state index in [2.05, 4.69) is 0 Å². The van der Waals surface area contributed by atoms with E-state index in [1.165, 1.54) is 0 Å². The zero-order valence-electron chi connectivity index (χ0n) is 3.55. The summed E-state index contributed by atoms with van der Waals surface area (Å²) in [4.78, 5) is 0. The van der Waals surface area contributed by atoms with Crippen LogP contribution >= 0.6 is 0 Å². The molecule has 0 N–H and O–H groups in total. The molecular formula is CMg2O4. The van der Waals surface area contributed by atoms with Gasteiger partial charge in [0.2, 0.25) is 0 Å². The van der Waals surface area contributed by atoms with E-state index in [4.69, 9.17) is 20.4 Å². The fourth-order valence-corrected chi connectivity index (χ4v) is 0. The summed E-state index contributed by atoms with van der Waals surface area (Å²) in [6, 6.07) is 0. The van der Waals surface area contributed by atoms with Crippen LogP contribution in [-0.4, -0.2) is 52.3 Å².